The van der Waals surface area contributed by atoms with E-state index in [0.29, 0.717) is 215 Å². The van der Waals surface area contributed by atoms with E-state index < -0.39 is 24.1 Å². The average Bonchev–Trinajstić information content (AvgIpc) is 0.754. The summed E-state index contributed by atoms with van der Waals surface area (Å²) in [7, 11) is 0. The van der Waals surface area contributed by atoms with Gasteiger partial charge in [-0.2, -0.15) is 0 Å². The minimum absolute atomic E-state index is 0.0791. The first-order valence-corrected chi connectivity index (χ1v) is 55.6. The first-order chi connectivity index (χ1) is 72.2. The van der Waals surface area contributed by atoms with Gasteiger partial charge in [-0.05, 0) is 223 Å². The summed E-state index contributed by atoms with van der Waals surface area (Å²) in [5, 5.41) is 36.9. The molecule has 9 rings (SSSR count). The third-order valence-electron chi connectivity index (χ3n) is 25.8. The molecule has 12 amide bonds. The van der Waals surface area contributed by atoms with Crippen LogP contribution in [0.25, 0.3) is 0 Å². The number of ether oxygens (including phenoxy) is 8. The Labute approximate surface area is 881 Å². The van der Waals surface area contributed by atoms with E-state index in [-0.39, 0.29) is 49.3 Å². The van der Waals surface area contributed by atoms with Crippen LogP contribution in [0.15, 0.2) is 146 Å². The molecular formula is C120H172N12O16. The normalized spacial score (nSPS) is 11.4. The first kappa shape index (κ1) is 119. The van der Waals surface area contributed by atoms with Crippen LogP contribution in [-0.4, -0.2) is 127 Å². The number of fused-ring (bicyclic) bond motifs is 8. The van der Waals surface area contributed by atoms with Gasteiger partial charge in [-0.25, -0.2) is 19.2 Å². The molecule has 1 aliphatic rings. The molecule has 148 heavy (non-hydrogen) atoms. The van der Waals surface area contributed by atoms with Gasteiger partial charge in [0.15, 0.2) is 0 Å². The van der Waals surface area contributed by atoms with Gasteiger partial charge in [0.1, 0.15) is 46.0 Å². The predicted octanol–water partition coefficient (Wildman–Crippen LogP) is 28.2. The average molecular weight is 2040 g/mol. The number of unbranched alkanes of at least 4 members (excludes halogenated alkanes) is 32. The molecule has 0 saturated carbocycles. The monoisotopic (exact) mass is 2040 g/mol. The standard InChI is InChI=1S/C120H172N12O16/c1-9-13-17-21-25-29-33-41-73-145-113-93-77-95-83-106(130-118(138)126-102-51-59-110(60-52-102)142-70-46-38-66-122-90(6)134)85-97(114(95)146-74-42-34-30-26-22-18-14-10-2)79-99-87-108(132-120(140)128-104-55-63-112(64-56-104)144-72-48-40-68-124-92(8)136)88-100(116(99)148-76-44-36-32-28-24-20-16-12-4)80-98-86-107(131-119(139)127-103-53-61-111(62-54-103)143-71-47-39-67-123-91(7)135)84-96(115(98)147-75-43-35-31-27-23-19-15-11-3)78-94(113)82-105(81-93)129-117(137)125-101-49-57-109(58-50-101)141-69-45-37-65-121-89(5)133/h49-64,81-88H,9-48,65-80H2,1-8H3,(H,121,133)(H,122,134)(H,123,135)(H,124,136)(H2,125,129,137)(H2,126,130,138)(H2,127,131,139)(H2,128,132,140). The molecular weight excluding hydrogens is 1870 g/mol. The molecule has 0 aliphatic heterocycles. The number of hydrogen-bond donors (Lipinski definition) is 12. The van der Waals surface area contributed by atoms with Gasteiger partial charge < -0.3 is 102 Å². The lowest BCUT2D eigenvalue weighted by Gasteiger charge is -2.25. The molecule has 8 bridgehead atoms. The van der Waals surface area contributed by atoms with Crippen molar-refractivity contribution in [1.29, 1.82) is 0 Å². The van der Waals surface area contributed by atoms with Crippen LogP contribution in [0.3, 0.4) is 0 Å². The van der Waals surface area contributed by atoms with Crippen LogP contribution in [0.5, 0.6) is 46.0 Å². The molecule has 1 aliphatic carbocycles. The zero-order valence-corrected chi connectivity index (χ0v) is 90.0. The number of carbonyl (C=O) groups is 8. The molecule has 0 fully saturated rings. The Morgan fingerprint density at radius 2 is 0.338 bits per heavy atom. The van der Waals surface area contributed by atoms with Crippen molar-refractivity contribution < 1.29 is 76.3 Å². The number of anilines is 8. The summed E-state index contributed by atoms with van der Waals surface area (Å²) in [5.41, 5.74) is 9.35. The Kier molecular flexibility index (Phi) is 56.8. The summed E-state index contributed by atoms with van der Waals surface area (Å²) < 4.78 is 54.4. The highest BCUT2D eigenvalue weighted by Crippen LogP contribution is 2.44. The number of amides is 12. The Bertz CT molecular complexity index is 4520. The number of rotatable bonds is 72. The molecule has 28 nitrogen and oxygen atoms in total. The fraction of sp³-hybridized carbons (Fsp3) is 0.533. The van der Waals surface area contributed by atoms with Crippen LogP contribution in [0.4, 0.5) is 64.7 Å². The summed E-state index contributed by atoms with van der Waals surface area (Å²) in [5.74, 6) is 4.47. The third-order valence-corrected chi connectivity index (χ3v) is 25.8. The van der Waals surface area contributed by atoms with Crippen LogP contribution in [-0.2, 0) is 44.9 Å². The lowest BCUT2D eigenvalue weighted by molar-refractivity contribution is -0.119. The van der Waals surface area contributed by atoms with Gasteiger partial charge in [0.05, 0.1) is 52.9 Å². The minimum Gasteiger partial charge on any atom is -0.494 e. The van der Waals surface area contributed by atoms with Crippen molar-refractivity contribution >= 4 is 93.3 Å². The fourth-order valence-electron chi connectivity index (χ4n) is 18.0. The van der Waals surface area contributed by atoms with E-state index in [1.54, 1.807) is 48.5 Å². The molecule has 0 radical (unpaired) electrons. The van der Waals surface area contributed by atoms with Gasteiger partial charge in [0.2, 0.25) is 23.6 Å². The zero-order chi connectivity index (χ0) is 105. The molecule has 28 heteroatoms. The van der Waals surface area contributed by atoms with E-state index >= 15 is 19.2 Å². The Balaban J connectivity index is 1.28. The highest BCUT2D eigenvalue weighted by Gasteiger charge is 2.28. The predicted molar refractivity (Wildman–Crippen MR) is 599 cm³/mol. The number of benzene rings is 8. The van der Waals surface area contributed by atoms with Crippen molar-refractivity contribution in [2.45, 2.75) is 338 Å². The van der Waals surface area contributed by atoms with E-state index in [1.807, 2.05) is 97.1 Å². The minimum atomic E-state index is -0.521. The summed E-state index contributed by atoms with van der Waals surface area (Å²) in [4.78, 5) is 107. The van der Waals surface area contributed by atoms with Crippen molar-refractivity contribution in [3.63, 3.8) is 0 Å². The molecule has 0 atom stereocenters. The molecule has 12 N–H and O–H groups in total. The molecule has 0 saturated heterocycles. The smallest absolute Gasteiger partial charge is 0.323 e. The maximum atomic E-state index is 15.1. The Morgan fingerprint density at radius 3 is 0.507 bits per heavy atom. The highest BCUT2D eigenvalue weighted by atomic mass is 16.5. The van der Waals surface area contributed by atoms with E-state index in [0.717, 1.165) is 205 Å². The number of carbonyl (C=O) groups excluding carboxylic acids is 8. The molecule has 0 heterocycles. The van der Waals surface area contributed by atoms with E-state index in [1.165, 1.54) is 79.1 Å². The van der Waals surface area contributed by atoms with Crippen molar-refractivity contribution in [2.24, 2.45) is 0 Å². The second-order valence-corrected chi connectivity index (χ2v) is 39.1. The summed E-state index contributed by atoms with van der Waals surface area (Å²) in [6, 6.07) is 42.5. The molecule has 8 aromatic carbocycles. The maximum Gasteiger partial charge on any atom is 0.323 e. The van der Waals surface area contributed by atoms with Crippen LogP contribution < -0.4 is 102 Å². The van der Waals surface area contributed by atoms with Gasteiger partial charge in [-0.1, -0.05) is 207 Å². The van der Waals surface area contributed by atoms with E-state index in [9.17, 15) is 19.2 Å². The van der Waals surface area contributed by atoms with Crippen LogP contribution in [0.2, 0.25) is 0 Å². The topological polar surface area (TPSA) is 355 Å². The summed E-state index contributed by atoms with van der Waals surface area (Å²) in [6.45, 7) is 20.3. The zero-order valence-electron chi connectivity index (χ0n) is 90.0. The lowest BCUT2D eigenvalue weighted by Crippen LogP contribution is -2.21. The van der Waals surface area contributed by atoms with Gasteiger partial charge in [-0.15, -0.1) is 0 Å². The lowest BCUT2D eigenvalue weighted by atomic mass is 9.90. The van der Waals surface area contributed by atoms with Gasteiger partial charge in [0.25, 0.3) is 0 Å². The molecule has 0 spiro atoms. The fourth-order valence-corrected chi connectivity index (χ4v) is 18.0. The molecule has 8 aromatic rings. The molecule has 0 aromatic heterocycles. The number of urea groups is 4. The van der Waals surface area contributed by atoms with Gasteiger partial charge >= 0.3 is 24.1 Å². The molecule has 808 valence electrons. The van der Waals surface area contributed by atoms with Crippen molar-refractivity contribution in [3.8, 4) is 46.0 Å². The van der Waals surface area contributed by atoms with Crippen molar-refractivity contribution in [1.82, 2.24) is 21.3 Å². The summed E-state index contributed by atoms with van der Waals surface area (Å²) in [6.07, 6.45) is 40.4. The van der Waals surface area contributed by atoms with Crippen LogP contribution in [0, 0.1) is 0 Å². The SMILES string of the molecule is CCCCCCCCCCOc1c2cc(NC(=O)Nc3ccc(OCCCCNC(C)=O)cc3)cc1Cc1cc(NC(=O)Nc3ccc(OCCCCNC(C)=O)cc3)cc(c1OCCCCCCCCCC)Cc1cc(NC(=O)Nc3ccc(OCCCCNC(C)=O)cc3)cc(c1OCCCCCCCCCC)Cc1cc(NC(=O)Nc3ccc(OCCCCNC(C)=O)cc3)cc(c1OCCCCCCCCCC)C2. The number of nitrogens with one attached hydrogen (secondary N) is 12. The second-order valence-electron chi connectivity index (χ2n) is 39.1. The second kappa shape index (κ2) is 70.9. The van der Waals surface area contributed by atoms with Crippen LogP contribution >= 0.6 is 0 Å². The van der Waals surface area contributed by atoms with Gasteiger partial charge in [0, 0.05) is 170 Å². The third kappa shape index (κ3) is 48.4. The van der Waals surface area contributed by atoms with Crippen LogP contribution in [0.1, 0.15) is 357 Å². The van der Waals surface area contributed by atoms with Crippen molar-refractivity contribution in [3.05, 3.63) is 190 Å². The quantitative estimate of drug-likeness (QED) is 0.0158. The Hall–Kier alpha value is -12.9. The van der Waals surface area contributed by atoms with E-state index in [2.05, 4.69) is 91.5 Å². The van der Waals surface area contributed by atoms with E-state index in [4.69, 9.17) is 37.9 Å². The highest BCUT2D eigenvalue weighted by molar-refractivity contribution is 6.03. The first-order valence-electron chi connectivity index (χ1n) is 55.6. The molecule has 0 unspecified atom stereocenters. The Morgan fingerprint density at radius 1 is 0.189 bits per heavy atom. The van der Waals surface area contributed by atoms with Gasteiger partial charge in [-0.3, -0.25) is 19.2 Å². The number of hydrogen-bond acceptors (Lipinski definition) is 16. The maximum absolute atomic E-state index is 15.1. The van der Waals surface area contributed by atoms with Crippen molar-refractivity contribution in [2.75, 3.05) is 122 Å². The summed E-state index contributed by atoms with van der Waals surface area (Å²) >= 11 is 0. The largest absolute Gasteiger partial charge is 0.494 e.